The zero-order chi connectivity index (χ0) is 21.6. The van der Waals surface area contributed by atoms with E-state index < -0.39 is 12.7 Å². The van der Waals surface area contributed by atoms with Gasteiger partial charge in [-0.3, -0.25) is 4.57 Å². The van der Waals surface area contributed by atoms with Crippen LogP contribution in [0.2, 0.25) is 0 Å². The highest BCUT2D eigenvalue weighted by molar-refractivity contribution is 7.99. The Hall–Kier alpha value is -2.75. The van der Waals surface area contributed by atoms with E-state index >= 15 is 0 Å². The van der Waals surface area contributed by atoms with Crippen LogP contribution in [0.3, 0.4) is 0 Å². The van der Waals surface area contributed by atoms with Gasteiger partial charge in [0.15, 0.2) is 5.16 Å². The molecule has 0 aliphatic heterocycles. The zero-order valence-electron chi connectivity index (χ0n) is 16.3. The van der Waals surface area contributed by atoms with Crippen molar-refractivity contribution in [3.8, 4) is 11.4 Å². The predicted molar refractivity (Wildman–Crippen MR) is 117 cm³/mol. The number of hydrogen-bond acceptors (Lipinski definition) is 6. The van der Waals surface area contributed by atoms with Gasteiger partial charge in [0, 0.05) is 22.7 Å². The smallest absolute Gasteiger partial charge is 0.387 e. The summed E-state index contributed by atoms with van der Waals surface area (Å²) >= 11 is 3.05. The third kappa shape index (κ3) is 5.49. The molecule has 31 heavy (non-hydrogen) atoms. The first kappa shape index (κ1) is 21.5. The Morgan fingerprint density at radius 2 is 1.77 bits per heavy atom. The Morgan fingerprint density at radius 3 is 2.45 bits per heavy atom. The van der Waals surface area contributed by atoms with Crippen molar-refractivity contribution in [1.29, 1.82) is 0 Å². The van der Waals surface area contributed by atoms with Gasteiger partial charge in [-0.1, -0.05) is 48.2 Å². The molecule has 0 radical (unpaired) electrons. The van der Waals surface area contributed by atoms with E-state index in [2.05, 4.69) is 21.0 Å². The first-order valence-corrected chi connectivity index (χ1v) is 11.3. The Labute approximate surface area is 186 Å². The molecular formula is C22H19F2N3O2S2. The van der Waals surface area contributed by atoms with Crippen LogP contribution in [0.15, 0.2) is 77.3 Å². The van der Waals surface area contributed by atoms with Gasteiger partial charge in [0.1, 0.15) is 11.6 Å². The van der Waals surface area contributed by atoms with Gasteiger partial charge in [0.25, 0.3) is 0 Å². The van der Waals surface area contributed by atoms with E-state index in [1.165, 1.54) is 28.8 Å². The summed E-state index contributed by atoms with van der Waals surface area (Å²) in [4.78, 5) is 1.19. The van der Waals surface area contributed by atoms with Crippen LogP contribution >= 0.6 is 23.1 Å². The topological polar surface area (TPSA) is 60.2 Å². The van der Waals surface area contributed by atoms with E-state index in [0.717, 1.165) is 11.5 Å². The zero-order valence-corrected chi connectivity index (χ0v) is 17.9. The summed E-state index contributed by atoms with van der Waals surface area (Å²) in [5.74, 6) is 1.21. The number of aliphatic hydroxyl groups is 1. The standard InChI is InChI=1S/C22H19F2N3O2S2/c23-21(24)29-17-10-8-15(9-11-17)19(28)14-31-22-26-25-20(13-18-7-4-12-30-18)27(22)16-5-2-1-3-6-16/h1-12,19,21,28H,13-14H2. The molecule has 2 aromatic carbocycles. The number of thiophene rings is 1. The molecule has 0 aliphatic rings. The summed E-state index contributed by atoms with van der Waals surface area (Å²) in [6.07, 6.45) is -0.138. The van der Waals surface area contributed by atoms with Gasteiger partial charge in [-0.05, 0) is 41.3 Å². The second-order valence-electron chi connectivity index (χ2n) is 6.60. The summed E-state index contributed by atoms with van der Waals surface area (Å²) in [6, 6.07) is 19.9. The number of aromatic nitrogens is 3. The number of benzene rings is 2. The molecule has 0 saturated carbocycles. The maximum Gasteiger partial charge on any atom is 0.387 e. The average molecular weight is 460 g/mol. The van der Waals surface area contributed by atoms with Crippen LogP contribution in [0, 0.1) is 0 Å². The molecule has 5 nitrogen and oxygen atoms in total. The number of nitrogens with zero attached hydrogens (tertiary/aromatic N) is 3. The van der Waals surface area contributed by atoms with Gasteiger partial charge in [0.2, 0.25) is 0 Å². The number of ether oxygens (including phenoxy) is 1. The number of aliphatic hydroxyl groups excluding tert-OH is 1. The van der Waals surface area contributed by atoms with Gasteiger partial charge < -0.3 is 9.84 Å². The van der Waals surface area contributed by atoms with Crippen molar-refractivity contribution in [2.24, 2.45) is 0 Å². The maximum atomic E-state index is 12.3. The van der Waals surface area contributed by atoms with E-state index in [9.17, 15) is 13.9 Å². The third-order valence-electron chi connectivity index (χ3n) is 4.49. The quantitative estimate of drug-likeness (QED) is 0.342. The molecule has 0 bridgehead atoms. The van der Waals surface area contributed by atoms with Gasteiger partial charge in [-0.15, -0.1) is 21.5 Å². The van der Waals surface area contributed by atoms with Crippen molar-refractivity contribution in [1.82, 2.24) is 14.8 Å². The highest BCUT2D eigenvalue weighted by atomic mass is 32.2. The first-order chi connectivity index (χ1) is 15.1. The molecule has 9 heteroatoms. The van der Waals surface area contributed by atoms with Crippen LogP contribution < -0.4 is 4.74 Å². The van der Waals surface area contributed by atoms with Gasteiger partial charge in [-0.2, -0.15) is 8.78 Å². The predicted octanol–water partition coefficient (Wildman–Crippen LogP) is 5.35. The Balaban J connectivity index is 1.51. The SMILES string of the molecule is OC(CSc1nnc(Cc2cccs2)n1-c1ccccc1)c1ccc(OC(F)F)cc1. The van der Waals surface area contributed by atoms with E-state index in [4.69, 9.17) is 0 Å². The Morgan fingerprint density at radius 1 is 1.00 bits per heavy atom. The fourth-order valence-electron chi connectivity index (χ4n) is 3.03. The molecule has 1 atom stereocenters. The number of para-hydroxylation sites is 1. The van der Waals surface area contributed by atoms with Crippen LogP contribution in [-0.2, 0) is 6.42 Å². The minimum atomic E-state index is -2.88. The maximum absolute atomic E-state index is 12.3. The molecule has 0 amide bonds. The molecular weight excluding hydrogens is 440 g/mol. The lowest BCUT2D eigenvalue weighted by molar-refractivity contribution is -0.0498. The number of thioether (sulfide) groups is 1. The molecule has 2 aromatic heterocycles. The van der Waals surface area contributed by atoms with Gasteiger partial charge in [-0.25, -0.2) is 0 Å². The van der Waals surface area contributed by atoms with Crippen molar-refractivity contribution in [2.45, 2.75) is 24.3 Å². The first-order valence-electron chi connectivity index (χ1n) is 9.48. The van der Waals surface area contributed by atoms with E-state index in [-0.39, 0.29) is 5.75 Å². The summed E-state index contributed by atoms with van der Waals surface area (Å²) in [5, 5.41) is 22.0. The molecule has 0 saturated heterocycles. The summed E-state index contributed by atoms with van der Waals surface area (Å²) in [7, 11) is 0. The second kappa shape index (κ2) is 10.0. The molecule has 4 rings (SSSR count). The van der Waals surface area contributed by atoms with Crippen LogP contribution in [-0.4, -0.2) is 32.2 Å². The summed E-state index contributed by atoms with van der Waals surface area (Å²) < 4.78 is 30.9. The van der Waals surface area contributed by atoms with Gasteiger partial charge >= 0.3 is 6.61 Å². The van der Waals surface area contributed by atoms with Crippen molar-refractivity contribution in [3.63, 3.8) is 0 Å². The average Bonchev–Trinajstić information content (AvgIpc) is 3.43. The lowest BCUT2D eigenvalue weighted by Gasteiger charge is -2.13. The van der Waals surface area contributed by atoms with Crippen LogP contribution in [0.25, 0.3) is 5.69 Å². The van der Waals surface area contributed by atoms with Crippen LogP contribution in [0.5, 0.6) is 5.75 Å². The largest absolute Gasteiger partial charge is 0.435 e. The van der Waals surface area contributed by atoms with E-state index in [0.29, 0.717) is 22.9 Å². The molecule has 1 N–H and O–H groups in total. The Kier molecular flexibility index (Phi) is 6.96. The second-order valence-corrected chi connectivity index (χ2v) is 8.62. The molecule has 0 aliphatic carbocycles. The van der Waals surface area contributed by atoms with Crippen LogP contribution in [0.1, 0.15) is 22.4 Å². The number of alkyl halides is 2. The number of halogens is 2. The highest BCUT2D eigenvalue weighted by Crippen LogP contribution is 2.28. The lowest BCUT2D eigenvalue weighted by atomic mass is 10.1. The highest BCUT2D eigenvalue weighted by Gasteiger charge is 2.17. The summed E-state index contributed by atoms with van der Waals surface area (Å²) in [5.41, 5.74) is 1.56. The molecule has 0 spiro atoms. The minimum Gasteiger partial charge on any atom is -0.435 e. The monoisotopic (exact) mass is 459 g/mol. The van der Waals surface area contributed by atoms with Crippen LogP contribution in [0.4, 0.5) is 8.78 Å². The molecule has 1 unspecified atom stereocenters. The molecule has 160 valence electrons. The van der Waals surface area contributed by atoms with Gasteiger partial charge in [0.05, 0.1) is 6.10 Å². The summed E-state index contributed by atoms with van der Waals surface area (Å²) in [6.45, 7) is -2.88. The van der Waals surface area contributed by atoms with Crippen molar-refractivity contribution in [3.05, 3.63) is 88.4 Å². The van der Waals surface area contributed by atoms with E-state index in [1.54, 1.807) is 23.5 Å². The van der Waals surface area contributed by atoms with Crippen molar-refractivity contribution >= 4 is 23.1 Å². The Bertz CT molecular complexity index is 1090. The van der Waals surface area contributed by atoms with E-state index in [1.807, 2.05) is 46.3 Å². The molecule has 4 aromatic rings. The fourth-order valence-corrected chi connectivity index (χ4v) is 4.67. The number of hydrogen-bond donors (Lipinski definition) is 1. The molecule has 0 fully saturated rings. The molecule has 2 heterocycles. The van der Waals surface area contributed by atoms with Crippen molar-refractivity contribution in [2.75, 3.05) is 5.75 Å². The minimum absolute atomic E-state index is 0.0562. The fraction of sp³-hybridized carbons (Fsp3) is 0.182. The van der Waals surface area contributed by atoms with Crippen molar-refractivity contribution < 1.29 is 18.6 Å². The third-order valence-corrected chi connectivity index (χ3v) is 6.37. The lowest BCUT2D eigenvalue weighted by Crippen LogP contribution is -2.06. The normalized spacial score (nSPS) is 12.3. The number of rotatable bonds is 9.